The van der Waals surface area contributed by atoms with Gasteiger partial charge in [0.1, 0.15) is 23.1 Å². The van der Waals surface area contributed by atoms with E-state index in [-0.39, 0.29) is 30.4 Å². The van der Waals surface area contributed by atoms with E-state index in [1.54, 1.807) is 25.1 Å². The standard InChI is InChI=1S/C24H25F2N3O3/c1-14(2)7-23(31)28-20-6-4-5-17(11-20)24-29-21(15(3)32-24)13-27-22(30)10-16-8-18(25)12-19(26)9-16/h4-6,8-9,11-12,14H,7,10,13H2,1-3H3,(H,27,30)(H,28,31). The number of nitrogens with one attached hydrogen (secondary N) is 2. The number of carbonyl (C=O) groups is 2. The first-order valence-electron chi connectivity index (χ1n) is 10.3. The Kier molecular flexibility index (Phi) is 7.35. The van der Waals surface area contributed by atoms with Crippen LogP contribution in [0.2, 0.25) is 0 Å². The van der Waals surface area contributed by atoms with Crippen LogP contribution in [-0.4, -0.2) is 16.8 Å². The number of hydrogen-bond donors (Lipinski definition) is 2. The van der Waals surface area contributed by atoms with E-state index in [1.807, 2.05) is 19.9 Å². The lowest BCUT2D eigenvalue weighted by atomic mass is 10.1. The second-order valence-corrected chi connectivity index (χ2v) is 7.98. The van der Waals surface area contributed by atoms with Crippen LogP contribution in [0.15, 0.2) is 46.9 Å². The van der Waals surface area contributed by atoms with Crippen LogP contribution in [0.4, 0.5) is 14.5 Å². The molecular weight excluding hydrogens is 416 g/mol. The fraction of sp³-hybridized carbons (Fsp3) is 0.292. The third-order valence-electron chi connectivity index (χ3n) is 4.62. The fourth-order valence-electron chi connectivity index (χ4n) is 3.17. The molecule has 0 saturated carbocycles. The highest BCUT2D eigenvalue weighted by Gasteiger charge is 2.14. The van der Waals surface area contributed by atoms with Gasteiger partial charge < -0.3 is 15.1 Å². The van der Waals surface area contributed by atoms with E-state index in [9.17, 15) is 18.4 Å². The summed E-state index contributed by atoms with van der Waals surface area (Å²) in [4.78, 5) is 28.6. The number of rotatable bonds is 8. The fourth-order valence-corrected chi connectivity index (χ4v) is 3.17. The number of carbonyl (C=O) groups excluding carboxylic acids is 2. The molecule has 0 fully saturated rings. The summed E-state index contributed by atoms with van der Waals surface area (Å²) in [6.45, 7) is 5.79. The Labute approximate surface area is 185 Å². The molecule has 8 heteroatoms. The van der Waals surface area contributed by atoms with Crippen molar-refractivity contribution in [2.75, 3.05) is 5.32 Å². The lowest BCUT2D eigenvalue weighted by Crippen LogP contribution is -2.25. The molecule has 0 radical (unpaired) electrons. The number of amides is 2. The first kappa shape index (κ1) is 23.1. The lowest BCUT2D eigenvalue weighted by molar-refractivity contribution is -0.120. The molecule has 0 unspecified atom stereocenters. The Bertz CT molecular complexity index is 1110. The van der Waals surface area contributed by atoms with Gasteiger partial charge in [0, 0.05) is 23.7 Å². The molecule has 0 aliphatic carbocycles. The van der Waals surface area contributed by atoms with Crippen molar-refractivity contribution in [2.24, 2.45) is 5.92 Å². The van der Waals surface area contributed by atoms with E-state index in [4.69, 9.17) is 4.42 Å². The average Bonchev–Trinajstić information content (AvgIpc) is 3.06. The third kappa shape index (κ3) is 6.47. The molecule has 168 valence electrons. The van der Waals surface area contributed by atoms with Gasteiger partial charge in [-0.05, 0) is 48.7 Å². The van der Waals surface area contributed by atoms with Gasteiger partial charge in [0.25, 0.3) is 0 Å². The van der Waals surface area contributed by atoms with Crippen molar-refractivity contribution >= 4 is 17.5 Å². The molecule has 32 heavy (non-hydrogen) atoms. The average molecular weight is 441 g/mol. The molecule has 1 aromatic heterocycles. The van der Waals surface area contributed by atoms with Gasteiger partial charge in [0.05, 0.1) is 13.0 Å². The molecular formula is C24H25F2N3O3. The Morgan fingerprint density at radius 3 is 2.47 bits per heavy atom. The number of oxazole rings is 1. The topological polar surface area (TPSA) is 84.2 Å². The normalized spacial score (nSPS) is 10.9. The highest BCUT2D eigenvalue weighted by Crippen LogP contribution is 2.24. The van der Waals surface area contributed by atoms with Crippen LogP contribution in [0.5, 0.6) is 0 Å². The summed E-state index contributed by atoms with van der Waals surface area (Å²) >= 11 is 0. The number of halogens is 2. The molecule has 1 heterocycles. The second kappa shape index (κ2) is 10.2. The van der Waals surface area contributed by atoms with Gasteiger partial charge in [0.15, 0.2) is 0 Å². The van der Waals surface area contributed by atoms with Gasteiger partial charge in [-0.3, -0.25) is 9.59 Å². The molecule has 3 aromatic rings. The smallest absolute Gasteiger partial charge is 0.226 e. The monoisotopic (exact) mass is 441 g/mol. The quantitative estimate of drug-likeness (QED) is 0.527. The maximum Gasteiger partial charge on any atom is 0.226 e. The molecule has 0 aliphatic heterocycles. The molecule has 0 bridgehead atoms. The lowest BCUT2D eigenvalue weighted by Gasteiger charge is -2.07. The van der Waals surface area contributed by atoms with Gasteiger partial charge in [-0.25, -0.2) is 13.8 Å². The molecule has 6 nitrogen and oxygen atoms in total. The molecule has 0 spiro atoms. The number of hydrogen-bond acceptors (Lipinski definition) is 4. The Morgan fingerprint density at radius 2 is 1.78 bits per heavy atom. The summed E-state index contributed by atoms with van der Waals surface area (Å²) in [6.07, 6.45) is 0.269. The van der Waals surface area contributed by atoms with E-state index in [0.717, 1.165) is 18.2 Å². The minimum Gasteiger partial charge on any atom is -0.441 e. The summed E-state index contributed by atoms with van der Waals surface area (Å²) in [6, 6.07) is 10.2. The van der Waals surface area contributed by atoms with Crippen LogP contribution < -0.4 is 10.6 Å². The van der Waals surface area contributed by atoms with Gasteiger partial charge in [-0.15, -0.1) is 0 Å². The summed E-state index contributed by atoms with van der Waals surface area (Å²) in [5.74, 6) is -0.772. The van der Waals surface area contributed by atoms with Gasteiger partial charge in [-0.2, -0.15) is 0 Å². The van der Waals surface area contributed by atoms with Crippen LogP contribution in [0, 0.1) is 24.5 Å². The molecule has 2 aromatic carbocycles. The highest BCUT2D eigenvalue weighted by atomic mass is 19.1. The summed E-state index contributed by atoms with van der Waals surface area (Å²) in [5, 5.41) is 5.54. The SMILES string of the molecule is Cc1oc(-c2cccc(NC(=O)CC(C)C)c2)nc1CNC(=O)Cc1cc(F)cc(F)c1. The van der Waals surface area contributed by atoms with Crippen molar-refractivity contribution in [3.05, 3.63) is 71.1 Å². The van der Waals surface area contributed by atoms with Crippen LogP contribution in [0.25, 0.3) is 11.5 Å². The molecule has 3 rings (SSSR count). The van der Waals surface area contributed by atoms with Crippen LogP contribution in [-0.2, 0) is 22.6 Å². The van der Waals surface area contributed by atoms with Crippen molar-refractivity contribution in [1.29, 1.82) is 0 Å². The Morgan fingerprint density at radius 1 is 1.06 bits per heavy atom. The number of aromatic nitrogens is 1. The summed E-state index contributed by atoms with van der Waals surface area (Å²) < 4.78 is 32.3. The Balaban J connectivity index is 1.64. The number of nitrogens with zero attached hydrogens (tertiary/aromatic N) is 1. The van der Waals surface area contributed by atoms with E-state index in [0.29, 0.717) is 35.0 Å². The zero-order chi connectivity index (χ0) is 23.3. The third-order valence-corrected chi connectivity index (χ3v) is 4.62. The van der Waals surface area contributed by atoms with Gasteiger partial charge in [-0.1, -0.05) is 19.9 Å². The molecule has 2 amide bonds. The van der Waals surface area contributed by atoms with Gasteiger partial charge in [0.2, 0.25) is 17.7 Å². The van der Waals surface area contributed by atoms with Crippen molar-refractivity contribution in [1.82, 2.24) is 10.3 Å². The Hall–Kier alpha value is -3.55. The number of benzene rings is 2. The van der Waals surface area contributed by atoms with Crippen LogP contribution in [0.3, 0.4) is 0 Å². The number of aryl methyl sites for hydroxylation is 1. The van der Waals surface area contributed by atoms with E-state index in [2.05, 4.69) is 15.6 Å². The zero-order valence-corrected chi connectivity index (χ0v) is 18.2. The van der Waals surface area contributed by atoms with E-state index < -0.39 is 17.5 Å². The highest BCUT2D eigenvalue weighted by molar-refractivity contribution is 5.91. The van der Waals surface area contributed by atoms with Crippen molar-refractivity contribution in [3.8, 4) is 11.5 Å². The van der Waals surface area contributed by atoms with Crippen molar-refractivity contribution in [2.45, 2.75) is 40.2 Å². The molecule has 0 aliphatic rings. The summed E-state index contributed by atoms with van der Waals surface area (Å²) in [5.41, 5.74) is 2.10. The second-order valence-electron chi connectivity index (χ2n) is 7.98. The van der Waals surface area contributed by atoms with Crippen molar-refractivity contribution in [3.63, 3.8) is 0 Å². The maximum atomic E-state index is 13.3. The van der Waals surface area contributed by atoms with Crippen LogP contribution >= 0.6 is 0 Å². The minimum absolute atomic E-state index is 0.0673. The zero-order valence-electron chi connectivity index (χ0n) is 18.2. The van der Waals surface area contributed by atoms with Gasteiger partial charge >= 0.3 is 0 Å². The number of anilines is 1. The predicted molar refractivity (Wildman–Crippen MR) is 117 cm³/mol. The summed E-state index contributed by atoms with van der Waals surface area (Å²) in [7, 11) is 0. The van der Waals surface area contributed by atoms with Crippen LogP contribution in [0.1, 0.15) is 37.3 Å². The van der Waals surface area contributed by atoms with Crippen molar-refractivity contribution < 1.29 is 22.8 Å². The molecule has 0 saturated heterocycles. The molecule has 2 N–H and O–H groups in total. The first-order valence-corrected chi connectivity index (χ1v) is 10.3. The predicted octanol–water partition coefficient (Wildman–Crippen LogP) is 4.77. The largest absolute Gasteiger partial charge is 0.441 e. The van der Waals surface area contributed by atoms with E-state index in [1.165, 1.54) is 0 Å². The minimum atomic E-state index is -0.729. The molecule has 0 atom stereocenters. The maximum absolute atomic E-state index is 13.3. The first-order chi connectivity index (χ1) is 15.2. The van der Waals surface area contributed by atoms with E-state index >= 15 is 0 Å².